The molecule has 32 heavy (non-hydrogen) atoms. The molecule has 2 saturated carbocycles. The lowest BCUT2D eigenvalue weighted by molar-refractivity contribution is -0.110. The number of benzene rings is 1. The second-order valence-corrected chi connectivity index (χ2v) is 11.0. The SMILES string of the molecule is CS(=O)(=O)c1ccc(/C(=N\OC2CCCC2)C(=O)Nc2ncc(C(=O)NC3CC3)s2)cc1. The molecule has 0 radical (unpaired) electrons. The van der Waals surface area contributed by atoms with Crippen molar-refractivity contribution in [1.82, 2.24) is 10.3 Å². The summed E-state index contributed by atoms with van der Waals surface area (Å²) in [6.45, 7) is 0. The fraction of sp³-hybridized carbons (Fsp3) is 0.429. The Morgan fingerprint density at radius 2 is 1.81 bits per heavy atom. The maximum atomic E-state index is 13.0. The van der Waals surface area contributed by atoms with Gasteiger partial charge in [0.1, 0.15) is 11.0 Å². The van der Waals surface area contributed by atoms with Crippen molar-refractivity contribution in [3.8, 4) is 0 Å². The van der Waals surface area contributed by atoms with Gasteiger partial charge >= 0.3 is 0 Å². The Hall–Kier alpha value is -2.79. The summed E-state index contributed by atoms with van der Waals surface area (Å²) in [6, 6.07) is 6.11. The molecule has 170 valence electrons. The van der Waals surface area contributed by atoms with Crippen molar-refractivity contribution < 1.29 is 22.8 Å². The summed E-state index contributed by atoms with van der Waals surface area (Å²) in [6.07, 6.45) is 8.29. The van der Waals surface area contributed by atoms with Crippen LogP contribution in [0.2, 0.25) is 0 Å². The second kappa shape index (κ2) is 9.37. The minimum atomic E-state index is -3.37. The van der Waals surface area contributed by atoms with E-state index in [1.165, 1.54) is 30.5 Å². The van der Waals surface area contributed by atoms with Gasteiger partial charge in [-0.3, -0.25) is 14.9 Å². The molecule has 1 aromatic heterocycles. The first-order valence-electron chi connectivity index (χ1n) is 10.4. The molecule has 0 saturated heterocycles. The van der Waals surface area contributed by atoms with Crippen LogP contribution in [0.15, 0.2) is 40.5 Å². The zero-order chi connectivity index (χ0) is 22.7. The fourth-order valence-corrected chi connectivity index (χ4v) is 4.63. The molecule has 0 bridgehead atoms. The number of amides is 2. The van der Waals surface area contributed by atoms with E-state index < -0.39 is 15.7 Å². The smallest absolute Gasteiger partial charge is 0.280 e. The Labute approximate surface area is 190 Å². The lowest BCUT2D eigenvalue weighted by atomic mass is 10.1. The van der Waals surface area contributed by atoms with Crippen LogP contribution in [0, 0.1) is 0 Å². The number of nitrogens with one attached hydrogen (secondary N) is 2. The van der Waals surface area contributed by atoms with Crippen LogP contribution >= 0.6 is 11.3 Å². The highest BCUT2D eigenvalue weighted by molar-refractivity contribution is 7.90. The molecule has 2 fully saturated rings. The Bertz CT molecular complexity index is 1130. The van der Waals surface area contributed by atoms with E-state index in [9.17, 15) is 18.0 Å². The number of aromatic nitrogens is 1. The summed E-state index contributed by atoms with van der Waals surface area (Å²) in [7, 11) is -3.37. The average Bonchev–Trinajstić information content (AvgIpc) is 3.21. The molecule has 4 rings (SSSR count). The number of rotatable bonds is 8. The molecule has 1 aromatic carbocycles. The van der Waals surface area contributed by atoms with Gasteiger partial charge in [-0.05, 0) is 50.7 Å². The van der Waals surface area contributed by atoms with Crippen LogP contribution in [0.5, 0.6) is 0 Å². The number of thiazole rings is 1. The van der Waals surface area contributed by atoms with E-state index in [2.05, 4.69) is 20.8 Å². The molecule has 9 nitrogen and oxygen atoms in total. The molecule has 0 aliphatic heterocycles. The molecule has 2 N–H and O–H groups in total. The van der Waals surface area contributed by atoms with Crippen molar-refractivity contribution in [3.05, 3.63) is 40.9 Å². The normalized spacial score (nSPS) is 17.2. The third-order valence-corrected chi connectivity index (χ3v) is 7.27. The molecule has 2 aliphatic rings. The van der Waals surface area contributed by atoms with Crippen molar-refractivity contribution in [3.63, 3.8) is 0 Å². The van der Waals surface area contributed by atoms with Gasteiger partial charge in [-0.1, -0.05) is 28.6 Å². The van der Waals surface area contributed by atoms with Crippen LogP contribution in [0.3, 0.4) is 0 Å². The lowest BCUT2D eigenvalue weighted by Gasteiger charge is -2.10. The van der Waals surface area contributed by atoms with Gasteiger partial charge in [0.2, 0.25) is 0 Å². The van der Waals surface area contributed by atoms with Crippen LogP contribution in [0.1, 0.15) is 53.8 Å². The molecule has 2 aromatic rings. The molecule has 0 spiro atoms. The quantitative estimate of drug-likeness (QED) is 0.446. The second-order valence-electron chi connectivity index (χ2n) is 7.98. The van der Waals surface area contributed by atoms with Gasteiger partial charge in [0.05, 0.1) is 11.1 Å². The van der Waals surface area contributed by atoms with E-state index in [0.717, 1.165) is 56.1 Å². The number of sulfone groups is 1. The first-order valence-corrected chi connectivity index (χ1v) is 13.1. The summed E-state index contributed by atoms with van der Waals surface area (Å²) in [5.74, 6) is -0.765. The predicted molar refractivity (Wildman–Crippen MR) is 121 cm³/mol. The molecule has 2 aliphatic carbocycles. The number of oxime groups is 1. The van der Waals surface area contributed by atoms with Crippen molar-refractivity contribution in [2.75, 3.05) is 11.6 Å². The van der Waals surface area contributed by atoms with Gasteiger partial charge in [0, 0.05) is 17.9 Å². The first-order chi connectivity index (χ1) is 15.3. The number of hydrogen-bond acceptors (Lipinski definition) is 8. The Balaban J connectivity index is 1.52. The van der Waals surface area contributed by atoms with Crippen molar-refractivity contribution in [1.29, 1.82) is 0 Å². The van der Waals surface area contributed by atoms with Gasteiger partial charge in [-0.2, -0.15) is 0 Å². The van der Waals surface area contributed by atoms with Crippen LogP contribution in [-0.2, 0) is 19.5 Å². The maximum absolute atomic E-state index is 13.0. The maximum Gasteiger partial charge on any atom is 0.280 e. The van der Waals surface area contributed by atoms with Crippen molar-refractivity contribution in [2.45, 2.75) is 55.6 Å². The highest BCUT2D eigenvalue weighted by atomic mass is 32.2. The monoisotopic (exact) mass is 476 g/mol. The Kier molecular flexibility index (Phi) is 6.56. The topological polar surface area (TPSA) is 127 Å². The summed E-state index contributed by atoms with van der Waals surface area (Å²) in [4.78, 5) is 35.4. The van der Waals surface area contributed by atoms with Crippen LogP contribution in [0.4, 0.5) is 5.13 Å². The first kappa shape index (κ1) is 22.4. The molecule has 1 heterocycles. The Morgan fingerprint density at radius 1 is 1.12 bits per heavy atom. The van der Waals surface area contributed by atoms with Gasteiger partial charge in [-0.25, -0.2) is 13.4 Å². The summed E-state index contributed by atoms with van der Waals surface area (Å²) < 4.78 is 23.5. The summed E-state index contributed by atoms with van der Waals surface area (Å²) in [5, 5.41) is 9.91. The molecular formula is C21H24N4O5S2. The van der Waals surface area contributed by atoms with Gasteiger partial charge in [0.25, 0.3) is 11.8 Å². The average molecular weight is 477 g/mol. The third kappa shape index (κ3) is 5.71. The van der Waals surface area contributed by atoms with Gasteiger partial charge in [-0.15, -0.1) is 0 Å². The van der Waals surface area contributed by atoms with E-state index in [1.807, 2.05) is 0 Å². The van der Waals surface area contributed by atoms with Crippen molar-refractivity contribution >= 4 is 43.8 Å². The number of hydrogen-bond donors (Lipinski definition) is 2. The molecule has 0 unspecified atom stereocenters. The number of nitrogens with zero attached hydrogens (tertiary/aromatic N) is 2. The number of carbonyl (C=O) groups excluding carboxylic acids is 2. The fourth-order valence-electron chi connectivity index (χ4n) is 3.28. The van der Waals surface area contributed by atoms with E-state index in [4.69, 9.17) is 4.84 Å². The van der Waals surface area contributed by atoms with E-state index in [-0.39, 0.29) is 33.8 Å². The minimum absolute atomic E-state index is 0.0103. The standard InChI is InChI=1S/C21H24N4O5S2/c1-32(28,29)16-10-6-13(7-11-16)18(25-30-15-4-2-3-5-15)20(27)24-21-22-12-17(31-21)19(26)23-14-8-9-14/h6-7,10-12,14-15H,2-5,8-9H2,1H3,(H,23,26)(H,22,24,27)/b25-18+. The lowest BCUT2D eigenvalue weighted by Crippen LogP contribution is -2.25. The minimum Gasteiger partial charge on any atom is -0.392 e. The van der Waals surface area contributed by atoms with E-state index in [1.54, 1.807) is 0 Å². The summed E-state index contributed by atoms with van der Waals surface area (Å²) >= 11 is 1.07. The largest absolute Gasteiger partial charge is 0.392 e. The van der Waals surface area contributed by atoms with E-state index in [0.29, 0.717) is 10.4 Å². The molecular weight excluding hydrogens is 452 g/mol. The van der Waals surface area contributed by atoms with E-state index >= 15 is 0 Å². The summed E-state index contributed by atoms with van der Waals surface area (Å²) in [5.41, 5.74) is 0.423. The van der Waals surface area contributed by atoms with Crippen LogP contribution < -0.4 is 10.6 Å². The van der Waals surface area contributed by atoms with Gasteiger partial charge < -0.3 is 10.2 Å². The zero-order valence-corrected chi connectivity index (χ0v) is 19.2. The molecule has 11 heteroatoms. The number of anilines is 1. The third-order valence-electron chi connectivity index (χ3n) is 5.23. The highest BCUT2D eigenvalue weighted by Gasteiger charge is 2.25. The number of carbonyl (C=O) groups is 2. The molecule has 2 amide bonds. The van der Waals surface area contributed by atoms with Crippen LogP contribution in [0.25, 0.3) is 0 Å². The van der Waals surface area contributed by atoms with Gasteiger partial charge in [0.15, 0.2) is 20.7 Å². The zero-order valence-electron chi connectivity index (χ0n) is 17.5. The van der Waals surface area contributed by atoms with Crippen LogP contribution in [-0.4, -0.2) is 49.3 Å². The predicted octanol–water partition coefficient (Wildman–Crippen LogP) is 2.74. The highest BCUT2D eigenvalue weighted by Crippen LogP contribution is 2.24. The van der Waals surface area contributed by atoms with Crippen molar-refractivity contribution in [2.24, 2.45) is 5.16 Å². The molecule has 0 atom stereocenters. The Morgan fingerprint density at radius 3 is 2.44 bits per heavy atom.